The molecule has 0 spiro atoms. The molecule has 326 valence electrons. The van der Waals surface area contributed by atoms with E-state index in [0.717, 1.165) is 47.0 Å². The Kier molecular flexibility index (Phi) is 14.3. The van der Waals surface area contributed by atoms with Gasteiger partial charge in [0.05, 0.1) is 24.0 Å². The van der Waals surface area contributed by atoms with Crippen LogP contribution in [0.15, 0.2) is 42.7 Å². The standard InChI is InChI=1S/C41H52F2N5O8PS3/c1-39(2,3)37(52)58-19-17-55-57(54,56-18-20-59-38(53)40(4,5)6)41(42,43)27-11-14-31-25(21-27)22-32(60-31)34(49)46-29-10-7-9-28-12-13-30(48(28)35(29)50)36(51)47-23-26(24-47)33-44-15-8-16-45-33/h8,11,14-16,21-22,26,28-30H,7,9-10,12-13,17-20,23-24H2,1-6H3,(H,46,49)/t28-,29-,30-/m0/s1. The van der Waals surface area contributed by atoms with Gasteiger partial charge < -0.3 is 24.2 Å². The second-order valence-electron chi connectivity index (χ2n) is 17.3. The normalized spacial score (nSPS) is 20.5. The highest BCUT2D eigenvalue weighted by Crippen LogP contribution is 2.67. The molecule has 0 bridgehead atoms. The predicted octanol–water partition coefficient (Wildman–Crippen LogP) is 7.85. The number of carbonyl (C=O) groups is 5. The van der Waals surface area contributed by atoms with Gasteiger partial charge in [-0.15, -0.1) is 11.3 Å². The van der Waals surface area contributed by atoms with Gasteiger partial charge in [0.25, 0.3) is 5.91 Å². The molecule has 13 nitrogen and oxygen atoms in total. The van der Waals surface area contributed by atoms with Crippen LogP contribution in [0.25, 0.3) is 10.1 Å². The zero-order valence-corrected chi connectivity index (χ0v) is 38.0. The van der Waals surface area contributed by atoms with E-state index in [0.29, 0.717) is 55.7 Å². The van der Waals surface area contributed by atoms with Crippen LogP contribution in [-0.2, 0) is 38.5 Å². The lowest BCUT2D eigenvalue weighted by Crippen LogP contribution is -2.58. The van der Waals surface area contributed by atoms with Crippen molar-refractivity contribution in [3.63, 3.8) is 0 Å². The number of rotatable bonds is 14. The number of thiophene rings is 1. The fraction of sp³-hybridized carbons (Fsp3) is 0.585. The number of thioether (sulfide) groups is 2. The minimum Gasteiger partial charge on any atom is -0.340 e. The highest BCUT2D eigenvalue weighted by molar-refractivity contribution is 8.14. The molecule has 3 saturated heterocycles. The smallest absolute Gasteiger partial charge is 0.340 e. The summed E-state index contributed by atoms with van der Waals surface area (Å²) in [6, 6.07) is 5.19. The average molecular weight is 908 g/mol. The molecular formula is C41H52F2N5O8PS3. The van der Waals surface area contributed by atoms with Gasteiger partial charge in [-0.05, 0) is 61.8 Å². The van der Waals surface area contributed by atoms with Gasteiger partial charge in [0, 0.05) is 64.1 Å². The molecule has 3 aliphatic heterocycles. The third-order valence-corrected chi connectivity index (χ3v) is 16.2. The molecule has 1 N–H and O–H groups in total. The van der Waals surface area contributed by atoms with Crippen LogP contribution in [0.3, 0.4) is 0 Å². The number of halogens is 2. The highest BCUT2D eigenvalue weighted by atomic mass is 32.2. The molecule has 60 heavy (non-hydrogen) atoms. The number of aromatic nitrogens is 2. The first-order valence-corrected chi connectivity index (χ1v) is 24.4. The van der Waals surface area contributed by atoms with Gasteiger partial charge in [-0.2, -0.15) is 8.78 Å². The third-order valence-electron chi connectivity index (χ3n) is 10.6. The SMILES string of the molecule is CC(C)(C)C(=O)SCCOP(=O)(OCCSC(=O)C(C)(C)C)C(F)(F)c1ccc2sc(C(=O)N[C@H]3CCC[C@H]4CC[C@@H](C(=O)N5CC(c6ncccn6)C5)N4C3=O)cc2c1. The van der Waals surface area contributed by atoms with E-state index in [9.17, 15) is 28.5 Å². The van der Waals surface area contributed by atoms with Crippen molar-refractivity contribution < 1.29 is 46.4 Å². The van der Waals surface area contributed by atoms with Crippen LogP contribution < -0.4 is 5.32 Å². The Hall–Kier alpha value is -3.28. The van der Waals surface area contributed by atoms with Crippen LogP contribution in [0.4, 0.5) is 8.78 Å². The van der Waals surface area contributed by atoms with E-state index in [4.69, 9.17) is 9.05 Å². The summed E-state index contributed by atoms with van der Waals surface area (Å²) in [7, 11) is -5.25. The van der Waals surface area contributed by atoms with Crippen LogP contribution >= 0.6 is 42.5 Å². The van der Waals surface area contributed by atoms with E-state index < -0.39 is 60.9 Å². The Balaban J connectivity index is 1.13. The minimum absolute atomic E-state index is 0.0372. The minimum atomic E-state index is -5.25. The molecule has 2 aromatic heterocycles. The second-order valence-corrected chi connectivity index (χ2v) is 22.6. The summed E-state index contributed by atoms with van der Waals surface area (Å²) in [5.41, 5.74) is -6.18. The van der Waals surface area contributed by atoms with Gasteiger partial charge in [0.2, 0.25) is 11.8 Å². The summed E-state index contributed by atoms with van der Waals surface area (Å²) in [6.45, 7) is 10.4. The molecule has 19 heteroatoms. The Bertz CT molecular complexity index is 2100. The molecule has 3 fully saturated rings. The van der Waals surface area contributed by atoms with Crippen molar-refractivity contribution in [3.8, 4) is 0 Å². The Morgan fingerprint density at radius 1 is 0.900 bits per heavy atom. The molecule has 3 atom stereocenters. The van der Waals surface area contributed by atoms with Crippen LogP contribution in [0.5, 0.6) is 0 Å². The predicted molar refractivity (Wildman–Crippen MR) is 229 cm³/mol. The summed E-state index contributed by atoms with van der Waals surface area (Å²) in [5, 5.41) is 2.76. The largest absolute Gasteiger partial charge is 0.404 e. The Morgan fingerprint density at radius 2 is 1.52 bits per heavy atom. The summed E-state index contributed by atoms with van der Waals surface area (Å²) >= 11 is 2.82. The van der Waals surface area contributed by atoms with Crippen LogP contribution in [0, 0.1) is 10.8 Å². The summed E-state index contributed by atoms with van der Waals surface area (Å²) < 4.78 is 58.0. The number of alkyl halides is 2. The number of hydrogen-bond donors (Lipinski definition) is 1. The lowest BCUT2D eigenvalue weighted by molar-refractivity contribution is -0.148. The number of fused-ring (bicyclic) bond motifs is 2. The van der Waals surface area contributed by atoms with Gasteiger partial charge in [-0.1, -0.05) is 71.1 Å². The molecular weight excluding hydrogens is 856 g/mol. The van der Waals surface area contributed by atoms with Crippen LogP contribution in [0.1, 0.15) is 101 Å². The highest BCUT2D eigenvalue weighted by Gasteiger charge is 2.55. The van der Waals surface area contributed by atoms with Crippen molar-refractivity contribution >= 4 is 80.5 Å². The summed E-state index contributed by atoms with van der Waals surface area (Å²) in [4.78, 5) is 78.4. The van der Waals surface area contributed by atoms with Crippen molar-refractivity contribution in [3.05, 3.63) is 59.0 Å². The number of amides is 3. The van der Waals surface area contributed by atoms with Crippen molar-refractivity contribution in [1.82, 2.24) is 25.1 Å². The maximum Gasteiger partial charge on any atom is 0.404 e. The topological polar surface area (TPSA) is 165 Å². The summed E-state index contributed by atoms with van der Waals surface area (Å²) in [6.07, 6.45) is 6.34. The molecule has 0 saturated carbocycles. The fourth-order valence-electron chi connectivity index (χ4n) is 7.24. The quantitative estimate of drug-likeness (QED) is 0.123. The number of benzene rings is 1. The van der Waals surface area contributed by atoms with E-state index in [1.54, 1.807) is 69.8 Å². The number of likely N-dealkylation sites (tertiary alicyclic amines) is 1. The van der Waals surface area contributed by atoms with Crippen molar-refractivity contribution in [2.75, 3.05) is 37.8 Å². The lowest BCUT2D eigenvalue weighted by Gasteiger charge is -2.41. The maximum atomic E-state index is 16.4. The molecule has 5 heterocycles. The molecule has 0 aliphatic carbocycles. The van der Waals surface area contributed by atoms with Gasteiger partial charge in [-0.3, -0.25) is 28.5 Å². The number of carbonyl (C=O) groups excluding carboxylic acids is 5. The average Bonchev–Trinajstić information content (AvgIpc) is 3.77. The van der Waals surface area contributed by atoms with E-state index in [2.05, 4.69) is 15.3 Å². The first kappa shape index (κ1) is 46.2. The van der Waals surface area contributed by atoms with E-state index >= 15 is 8.78 Å². The first-order chi connectivity index (χ1) is 28.2. The molecule has 3 aromatic rings. The van der Waals surface area contributed by atoms with Gasteiger partial charge in [0.15, 0.2) is 10.2 Å². The number of nitrogens with one attached hydrogen (secondary N) is 1. The number of hydrogen-bond acceptors (Lipinski definition) is 13. The van der Waals surface area contributed by atoms with Gasteiger partial charge >= 0.3 is 13.3 Å². The van der Waals surface area contributed by atoms with Gasteiger partial charge in [0.1, 0.15) is 17.9 Å². The summed E-state index contributed by atoms with van der Waals surface area (Å²) in [5.74, 6) is -0.351. The zero-order chi connectivity index (χ0) is 43.6. The molecule has 0 unspecified atom stereocenters. The van der Waals surface area contributed by atoms with E-state index in [-0.39, 0.29) is 55.8 Å². The van der Waals surface area contributed by atoms with Crippen LogP contribution in [-0.4, -0.2) is 104 Å². The van der Waals surface area contributed by atoms with Crippen molar-refractivity contribution in [2.24, 2.45) is 10.8 Å². The Morgan fingerprint density at radius 3 is 2.12 bits per heavy atom. The molecule has 3 amide bonds. The molecule has 0 radical (unpaired) electrons. The fourth-order valence-corrected chi connectivity index (χ4v) is 11.5. The zero-order valence-electron chi connectivity index (χ0n) is 34.6. The van der Waals surface area contributed by atoms with E-state index in [1.807, 2.05) is 0 Å². The van der Waals surface area contributed by atoms with E-state index in [1.165, 1.54) is 12.1 Å². The third kappa shape index (κ3) is 10.3. The van der Waals surface area contributed by atoms with Crippen molar-refractivity contribution in [2.45, 2.75) is 103 Å². The maximum absolute atomic E-state index is 16.4. The molecule has 6 rings (SSSR count). The molecule has 1 aromatic carbocycles. The number of nitrogens with zero attached hydrogens (tertiary/aromatic N) is 4. The monoisotopic (exact) mass is 907 g/mol. The first-order valence-electron chi connectivity index (χ1n) is 20.0. The van der Waals surface area contributed by atoms with Crippen LogP contribution in [0.2, 0.25) is 0 Å². The van der Waals surface area contributed by atoms with Crippen molar-refractivity contribution in [1.29, 1.82) is 0 Å². The van der Waals surface area contributed by atoms with Gasteiger partial charge in [-0.25, -0.2) is 9.97 Å². The second kappa shape index (κ2) is 18.6. The lowest BCUT2D eigenvalue weighted by atomic mass is 9.97. The molecule has 3 aliphatic rings. The Labute approximate surface area is 361 Å².